The molecule has 0 aliphatic carbocycles. The quantitative estimate of drug-likeness (QED) is 0.779. The number of rotatable bonds is 3. The number of nitrogens with one attached hydrogen (secondary N) is 2. The predicted octanol–water partition coefficient (Wildman–Crippen LogP) is 3.23. The van der Waals surface area contributed by atoms with Gasteiger partial charge in [-0.2, -0.15) is 5.10 Å². The Morgan fingerprint density at radius 2 is 1.92 bits per heavy atom. The lowest BCUT2D eigenvalue weighted by atomic mass is 9.96. The van der Waals surface area contributed by atoms with Gasteiger partial charge < -0.3 is 10.1 Å². The van der Waals surface area contributed by atoms with E-state index in [1.165, 1.54) is 5.56 Å². The molecule has 0 spiro atoms. The van der Waals surface area contributed by atoms with E-state index in [0.717, 1.165) is 28.1 Å². The first kappa shape index (κ1) is 14.5. The molecule has 120 valence electrons. The summed E-state index contributed by atoms with van der Waals surface area (Å²) < 4.78 is 5.30. The molecule has 1 unspecified atom stereocenters. The summed E-state index contributed by atoms with van der Waals surface area (Å²) in [5.41, 5.74) is 5.36. The van der Waals surface area contributed by atoms with E-state index in [1.54, 1.807) is 7.11 Å². The highest BCUT2D eigenvalue weighted by Gasteiger charge is 2.35. The molecule has 2 heterocycles. The van der Waals surface area contributed by atoms with E-state index in [1.807, 2.05) is 55.5 Å². The van der Waals surface area contributed by atoms with Crippen LogP contribution in [0.4, 0.5) is 0 Å². The molecule has 2 aromatic carbocycles. The second-order valence-electron chi connectivity index (χ2n) is 5.91. The Morgan fingerprint density at radius 1 is 1.12 bits per heavy atom. The molecule has 0 bridgehead atoms. The van der Waals surface area contributed by atoms with Crippen molar-refractivity contribution < 1.29 is 9.53 Å². The first-order valence-electron chi connectivity index (χ1n) is 7.77. The highest BCUT2D eigenvalue weighted by Crippen LogP contribution is 2.37. The Morgan fingerprint density at radius 3 is 2.67 bits per heavy atom. The van der Waals surface area contributed by atoms with Crippen molar-refractivity contribution in [2.24, 2.45) is 0 Å². The van der Waals surface area contributed by atoms with E-state index in [9.17, 15) is 4.79 Å². The van der Waals surface area contributed by atoms with Gasteiger partial charge in [0.05, 0.1) is 18.8 Å². The van der Waals surface area contributed by atoms with E-state index >= 15 is 0 Å². The van der Waals surface area contributed by atoms with Gasteiger partial charge in [-0.25, -0.2) is 0 Å². The van der Waals surface area contributed by atoms with Gasteiger partial charge in [-0.05, 0) is 24.6 Å². The monoisotopic (exact) mass is 319 g/mol. The van der Waals surface area contributed by atoms with Crippen LogP contribution in [0.25, 0.3) is 11.3 Å². The van der Waals surface area contributed by atoms with Crippen molar-refractivity contribution in [1.82, 2.24) is 15.5 Å². The van der Waals surface area contributed by atoms with Crippen LogP contribution in [0.5, 0.6) is 5.75 Å². The van der Waals surface area contributed by atoms with Crippen LogP contribution in [0.15, 0.2) is 48.5 Å². The molecule has 1 aliphatic rings. The summed E-state index contributed by atoms with van der Waals surface area (Å²) in [6, 6.07) is 15.6. The Balaban J connectivity index is 1.83. The summed E-state index contributed by atoms with van der Waals surface area (Å²) in [6.07, 6.45) is 0. The van der Waals surface area contributed by atoms with Crippen molar-refractivity contribution >= 4 is 5.91 Å². The highest BCUT2D eigenvalue weighted by molar-refractivity contribution is 6.00. The number of hydrogen-bond acceptors (Lipinski definition) is 3. The van der Waals surface area contributed by atoms with Gasteiger partial charge in [0, 0.05) is 11.1 Å². The molecular formula is C19H17N3O2. The van der Waals surface area contributed by atoms with Crippen LogP contribution in [0.1, 0.15) is 33.2 Å². The summed E-state index contributed by atoms with van der Waals surface area (Å²) in [5.74, 6) is 0.624. The number of H-pyrrole nitrogens is 1. The van der Waals surface area contributed by atoms with E-state index < -0.39 is 0 Å². The predicted molar refractivity (Wildman–Crippen MR) is 91.1 cm³/mol. The molecule has 2 N–H and O–H groups in total. The molecule has 1 amide bonds. The number of hydrogen-bond donors (Lipinski definition) is 2. The number of methoxy groups -OCH3 is 1. The van der Waals surface area contributed by atoms with Gasteiger partial charge in [-0.1, -0.05) is 42.0 Å². The largest absolute Gasteiger partial charge is 0.497 e. The van der Waals surface area contributed by atoms with Gasteiger partial charge in [0.2, 0.25) is 0 Å². The maximum Gasteiger partial charge on any atom is 0.270 e. The topological polar surface area (TPSA) is 67.0 Å². The van der Waals surface area contributed by atoms with Crippen LogP contribution in [0.2, 0.25) is 0 Å². The van der Waals surface area contributed by atoms with Crippen LogP contribution in [0.3, 0.4) is 0 Å². The molecule has 1 aromatic heterocycles. The minimum Gasteiger partial charge on any atom is -0.497 e. The minimum atomic E-state index is -0.238. The van der Waals surface area contributed by atoms with Gasteiger partial charge in [0.1, 0.15) is 11.4 Å². The van der Waals surface area contributed by atoms with Crippen molar-refractivity contribution in [3.63, 3.8) is 0 Å². The number of aryl methyl sites for hydroxylation is 1. The Bertz CT molecular complexity index is 913. The number of aromatic amines is 1. The third-order valence-corrected chi connectivity index (χ3v) is 4.35. The SMILES string of the molecule is COc1cccc(C2NC(=O)c3[nH]nc(-c4ccc(C)cc4)c32)c1. The van der Waals surface area contributed by atoms with Gasteiger partial charge >= 0.3 is 0 Å². The van der Waals surface area contributed by atoms with Gasteiger partial charge in [0.15, 0.2) is 0 Å². The number of aromatic nitrogens is 2. The fourth-order valence-electron chi connectivity index (χ4n) is 3.08. The summed E-state index contributed by atoms with van der Waals surface area (Å²) in [5, 5.41) is 10.3. The molecule has 0 saturated carbocycles. The Kier molecular flexibility index (Phi) is 3.34. The lowest BCUT2D eigenvalue weighted by Gasteiger charge is -2.14. The van der Waals surface area contributed by atoms with Crippen LogP contribution >= 0.6 is 0 Å². The highest BCUT2D eigenvalue weighted by atomic mass is 16.5. The van der Waals surface area contributed by atoms with Crippen molar-refractivity contribution in [2.45, 2.75) is 13.0 Å². The van der Waals surface area contributed by atoms with Gasteiger partial charge in [-0.3, -0.25) is 9.89 Å². The second kappa shape index (κ2) is 5.53. The molecule has 24 heavy (non-hydrogen) atoms. The molecule has 3 aromatic rings. The third-order valence-electron chi connectivity index (χ3n) is 4.35. The molecule has 5 heteroatoms. The van der Waals surface area contributed by atoms with Crippen LogP contribution < -0.4 is 10.1 Å². The van der Waals surface area contributed by atoms with Gasteiger partial charge in [-0.15, -0.1) is 0 Å². The number of carbonyl (C=O) groups is 1. The van der Waals surface area contributed by atoms with Crippen LogP contribution in [0, 0.1) is 6.92 Å². The molecule has 1 atom stereocenters. The maximum absolute atomic E-state index is 12.3. The number of fused-ring (bicyclic) bond motifs is 1. The molecular weight excluding hydrogens is 302 g/mol. The minimum absolute atomic E-state index is 0.135. The lowest BCUT2D eigenvalue weighted by molar-refractivity contribution is 0.0955. The van der Waals surface area contributed by atoms with E-state index in [0.29, 0.717) is 5.69 Å². The zero-order chi connectivity index (χ0) is 16.7. The van der Waals surface area contributed by atoms with Crippen molar-refractivity contribution in [3.8, 4) is 17.0 Å². The zero-order valence-corrected chi connectivity index (χ0v) is 13.5. The fraction of sp³-hybridized carbons (Fsp3) is 0.158. The number of nitrogens with zero attached hydrogens (tertiary/aromatic N) is 1. The first-order chi connectivity index (χ1) is 11.7. The Labute approximate surface area is 139 Å². The standard InChI is InChI=1S/C19H17N3O2/c1-11-6-8-12(9-7-11)17-15-16(20-19(23)18(15)22-21-17)13-4-3-5-14(10-13)24-2/h3-10,16H,1-2H3,(H,20,23)(H,21,22). The third kappa shape index (κ3) is 2.25. The summed E-state index contributed by atoms with van der Waals surface area (Å²) in [4.78, 5) is 12.3. The van der Waals surface area contributed by atoms with E-state index in [-0.39, 0.29) is 11.9 Å². The molecule has 1 aliphatic heterocycles. The Hall–Kier alpha value is -3.08. The van der Waals surface area contributed by atoms with Crippen LogP contribution in [-0.2, 0) is 0 Å². The van der Waals surface area contributed by atoms with Crippen molar-refractivity contribution in [3.05, 3.63) is 70.9 Å². The average Bonchev–Trinajstić information content (AvgIpc) is 3.17. The smallest absolute Gasteiger partial charge is 0.270 e. The van der Waals surface area contributed by atoms with Crippen molar-refractivity contribution in [2.75, 3.05) is 7.11 Å². The molecule has 0 saturated heterocycles. The number of ether oxygens (including phenoxy) is 1. The number of benzene rings is 2. The van der Waals surface area contributed by atoms with Crippen LogP contribution in [-0.4, -0.2) is 23.2 Å². The summed E-state index contributed by atoms with van der Waals surface area (Å²) >= 11 is 0. The summed E-state index contributed by atoms with van der Waals surface area (Å²) in [7, 11) is 1.63. The van der Waals surface area contributed by atoms with Crippen molar-refractivity contribution in [1.29, 1.82) is 0 Å². The van der Waals surface area contributed by atoms with E-state index in [2.05, 4.69) is 15.5 Å². The number of amides is 1. The molecule has 0 radical (unpaired) electrons. The summed E-state index contributed by atoms with van der Waals surface area (Å²) in [6.45, 7) is 2.04. The maximum atomic E-state index is 12.3. The zero-order valence-electron chi connectivity index (χ0n) is 13.5. The van der Waals surface area contributed by atoms with Gasteiger partial charge in [0.25, 0.3) is 5.91 Å². The second-order valence-corrected chi connectivity index (χ2v) is 5.91. The number of carbonyl (C=O) groups excluding carboxylic acids is 1. The molecule has 5 nitrogen and oxygen atoms in total. The average molecular weight is 319 g/mol. The first-order valence-corrected chi connectivity index (χ1v) is 7.77. The molecule has 4 rings (SSSR count). The van der Waals surface area contributed by atoms with E-state index in [4.69, 9.17) is 4.74 Å². The molecule has 0 fully saturated rings. The lowest BCUT2D eigenvalue weighted by Crippen LogP contribution is -2.21. The normalized spacial score (nSPS) is 15.9. The fourth-order valence-corrected chi connectivity index (χ4v) is 3.08.